The smallest absolute Gasteiger partial charge is 0.247 e. The number of nitrogens with zero attached hydrogens (tertiary/aromatic N) is 1. The average Bonchev–Trinajstić information content (AvgIpc) is 3.79. The van der Waals surface area contributed by atoms with Crippen LogP contribution < -0.4 is 14.8 Å². The number of amides is 2. The molecule has 0 unspecified atom stereocenters. The number of hydrogen-bond donors (Lipinski definition) is 3. The molecule has 4 rings (SSSR count). The molecule has 0 spiro atoms. The molecule has 2 aromatic rings. The number of nitrogens with one attached hydrogen (secondary N) is 1. The first-order valence-corrected chi connectivity index (χ1v) is 14.5. The molecule has 3 N–H and O–H groups in total. The molecule has 12 heteroatoms. The molecule has 1 saturated carbocycles. The fourth-order valence-corrected chi connectivity index (χ4v) is 5.67. The SMILES string of the molecule is COc1cc(C=O)cc(I)c1O[C@H]1C=C(C(=O)NCCO)C[C@@H](N(Cc2ccc(Cl)c(Cl)c2)C(=O)C2CC2)[C@@H]1O. The van der Waals surface area contributed by atoms with Crippen LogP contribution in [-0.4, -0.2) is 71.7 Å². The van der Waals surface area contributed by atoms with Gasteiger partial charge in [-0.25, -0.2) is 0 Å². The van der Waals surface area contributed by atoms with Crippen molar-refractivity contribution >= 4 is 63.9 Å². The van der Waals surface area contributed by atoms with E-state index in [0.717, 1.165) is 18.4 Å². The lowest BCUT2D eigenvalue weighted by atomic mass is 9.87. The topological polar surface area (TPSA) is 125 Å². The van der Waals surface area contributed by atoms with Gasteiger partial charge in [0.15, 0.2) is 11.5 Å². The third-order valence-corrected chi connectivity index (χ3v) is 8.34. The van der Waals surface area contributed by atoms with Crippen molar-refractivity contribution in [2.45, 2.75) is 44.1 Å². The van der Waals surface area contributed by atoms with E-state index in [4.69, 9.17) is 32.7 Å². The molecule has 0 saturated heterocycles. The van der Waals surface area contributed by atoms with Crippen LogP contribution in [0.2, 0.25) is 10.0 Å². The minimum atomic E-state index is -1.22. The zero-order valence-electron chi connectivity index (χ0n) is 21.6. The number of carbonyl (C=O) groups is 3. The summed E-state index contributed by atoms with van der Waals surface area (Å²) in [6, 6.07) is 7.40. The van der Waals surface area contributed by atoms with E-state index in [1.807, 2.05) is 22.6 Å². The van der Waals surface area contributed by atoms with E-state index in [9.17, 15) is 24.6 Å². The van der Waals surface area contributed by atoms with Gasteiger partial charge in [-0.1, -0.05) is 29.3 Å². The molecule has 1 fully saturated rings. The van der Waals surface area contributed by atoms with Crippen molar-refractivity contribution in [2.24, 2.45) is 5.92 Å². The van der Waals surface area contributed by atoms with Gasteiger partial charge >= 0.3 is 0 Å². The Morgan fingerprint density at radius 3 is 2.58 bits per heavy atom. The molecule has 0 aromatic heterocycles. The van der Waals surface area contributed by atoms with E-state index in [2.05, 4.69) is 5.32 Å². The second-order valence-electron chi connectivity index (χ2n) is 9.66. The molecular weight excluding hydrogens is 674 g/mol. The van der Waals surface area contributed by atoms with Crippen LogP contribution in [0.15, 0.2) is 42.0 Å². The Hall–Kier alpha value is -2.38. The molecule has 2 aliphatic carbocycles. The monoisotopic (exact) mass is 702 g/mol. The number of ether oxygens (including phenoxy) is 2. The van der Waals surface area contributed by atoms with E-state index in [-0.39, 0.29) is 49.4 Å². The second kappa shape index (κ2) is 13.5. The van der Waals surface area contributed by atoms with Gasteiger partial charge in [0.05, 0.1) is 33.4 Å². The number of aldehydes is 1. The lowest BCUT2D eigenvalue weighted by Gasteiger charge is -2.41. The highest BCUT2D eigenvalue weighted by Gasteiger charge is 2.44. The normalized spacial score (nSPS) is 20.4. The summed E-state index contributed by atoms with van der Waals surface area (Å²) in [5, 5.41) is 24.2. The van der Waals surface area contributed by atoms with E-state index in [1.165, 1.54) is 19.3 Å². The summed E-state index contributed by atoms with van der Waals surface area (Å²) in [6.07, 6.45) is 1.52. The van der Waals surface area contributed by atoms with Gasteiger partial charge in [-0.2, -0.15) is 0 Å². The molecule has 2 aromatic carbocycles. The van der Waals surface area contributed by atoms with Crippen molar-refractivity contribution in [2.75, 3.05) is 20.3 Å². The highest BCUT2D eigenvalue weighted by atomic mass is 127. The Morgan fingerprint density at radius 2 is 1.95 bits per heavy atom. The molecule has 0 heterocycles. The van der Waals surface area contributed by atoms with Gasteiger partial charge in [0.25, 0.3) is 0 Å². The third-order valence-electron chi connectivity index (χ3n) is 6.80. The van der Waals surface area contributed by atoms with Crippen LogP contribution in [0, 0.1) is 9.49 Å². The van der Waals surface area contributed by atoms with Crippen LogP contribution in [0.25, 0.3) is 0 Å². The molecule has 0 bridgehead atoms. The molecule has 40 heavy (non-hydrogen) atoms. The maximum absolute atomic E-state index is 13.6. The van der Waals surface area contributed by atoms with E-state index in [0.29, 0.717) is 31.0 Å². The summed E-state index contributed by atoms with van der Waals surface area (Å²) < 4.78 is 12.2. The molecule has 214 valence electrons. The van der Waals surface area contributed by atoms with Crippen LogP contribution in [0.4, 0.5) is 0 Å². The van der Waals surface area contributed by atoms with Gasteiger partial charge in [0.1, 0.15) is 18.5 Å². The first-order valence-electron chi connectivity index (χ1n) is 12.7. The predicted octanol–water partition coefficient (Wildman–Crippen LogP) is 3.77. The fraction of sp³-hybridized carbons (Fsp3) is 0.393. The number of benzene rings is 2. The number of halogens is 3. The van der Waals surface area contributed by atoms with Gasteiger partial charge in [0.2, 0.25) is 11.8 Å². The van der Waals surface area contributed by atoms with Crippen molar-refractivity contribution < 1.29 is 34.1 Å². The Bertz CT molecular complexity index is 1320. The van der Waals surface area contributed by atoms with E-state index >= 15 is 0 Å². The maximum Gasteiger partial charge on any atom is 0.247 e. The standard InChI is InChI=1S/C28H29Cl2IN2O7/c1-39-24-10-16(14-35)9-21(31)26(24)40-23-12-18(27(37)32-6-7-34)11-22(25(23)36)33(28(38)17-3-4-17)13-15-2-5-19(29)20(30)8-15/h2,5,8-10,12,14,17,22-23,25,34,36H,3-4,6-7,11,13H2,1H3,(H,32,37)/t22-,23+,25+/m1/s1. The summed E-state index contributed by atoms with van der Waals surface area (Å²) in [5.41, 5.74) is 1.41. The molecular formula is C28H29Cl2IN2O7. The first kappa shape index (κ1) is 30.6. The van der Waals surface area contributed by atoms with Gasteiger partial charge < -0.3 is 29.9 Å². The molecule has 3 atom stereocenters. The quantitative estimate of drug-likeness (QED) is 0.241. The maximum atomic E-state index is 13.6. The average molecular weight is 703 g/mol. The summed E-state index contributed by atoms with van der Waals surface area (Å²) in [5.74, 6) is -0.165. The fourth-order valence-electron chi connectivity index (χ4n) is 4.60. The van der Waals surface area contributed by atoms with Crippen molar-refractivity contribution in [3.63, 3.8) is 0 Å². The minimum absolute atomic E-state index is 0.0434. The van der Waals surface area contributed by atoms with E-state index < -0.39 is 24.2 Å². The van der Waals surface area contributed by atoms with Crippen LogP contribution in [0.1, 0.15) is 35.2 Å². The highest BCUT2D eigenvalue weighted by molar-refractivity contribution is 14.1. The Labute approximate surface area is 255 Å². The third kappa shape index (κ3) is 7.09. The molecule has 2 amide bonds. The largest absolute Gasteiger partial charge is 0.493 e. The summed E-state index contributed by atoms with van der Waals surface area (Å²) >= 11 is 14.3. The second-order valence-corrected chi connectivity index (χ2v) is 11.6. The van der Waals surface area contributed by atoms with Gasteiger partial charge in [-0.15, -0.1) is 0 Å². The zero-order valence-corrected chi connectivity index (χ0v) is 25.3. The predicted molar refractivity (Wildman–Crippen MR) is 158 cm³/mol. The van der Waals surface area contributed by atoms with Crippen molar-refractivity contribution in [3.05, 3.63) is 66.7 Å². The van der Waals surface area contributed by atoms with Crippen molar-refractivity contribution in [1.82, 2.24) is 10.2 Å². The lowest BCUT2D eigenvalue weighted by molar-refractivity contribution is -0.140. The van der Waals surface area contributed by atoms with Crippen molar-refractivity contribution in [3.8, 4) is 11.5 Å². The van der Waals surface area contributed by atoms with E-state index in [1.54, 1.807) is 29.2 Å². The van der Waals surface area contributed by atoms with Gasteiger partial charge in [-0.05, 0) is 71.3 Å². The molecule has 2 aliphatic rings. The number of carbonyl (C=O) groups excluding carboxylic acids is 3. The summed E-state index contributed by atoms with van der Waals surface area (Å²) in [6.45, 7) is -0.0595. The molecule has 0 aliphatic heterocycles. The van der Waals surface area contributed by atoms with Gasteiger partial charge in [-0.3, -0.25) is 14.4 Å². The summed E-state index contributed by atoms with van der Waals surface area (Å²) in [4.78, 5) is 39.5. The number of hydrogen-bond acceptors (Lipinski definition) is 7. The minimum Gasteiger partial charge on any atom is -0.493 e. The zero-order chi connectivity index (χ0) is 29.0. The Kier molecular flexibility index (Phi) is 10.3. The van der Waals surface area contributed by atoms with Crippen LogP contribution in [0.5, 0.6) is 11.5 Å². The van der Waals surface area contributed by atoms with Crippen LogP contribution in [-0.2, 0) is 16.1 Å². The van der Waals surface area contributed by atoms with Crippen LogP contribution >= 0.6 is 45.8 Å². The van der Waals surface area contributed by atoms with Crippen LogP contribution in [0.3, 0.4) is 0 Å². The number of rotatable bonds is 11. The first-order chi connectivity index (χ1) is 19.2. The van der Waals surface area contributed by atoms with Gasteiger partial charge in [0, 0.05) is 36.6 Å². The summed E-state index contributed by atoms with van der Waals surface area (Å²) in [7, 11) is 1.43. The molecule has 9 nitrogen and oxygen atoms in total. The Morgan fingerprint density at radius 1 is 1.20 bits per heavy atom. The highest BCUT2D eigenvalue weighted by Crippen LogP contribution is 2.39. The number of aliphatic hydroxyl groups excluding tert-OH is 2. The number of methoxy groups -OCH3 is 1. The Balaban J connectivity index is 1.72. The molecule has 0 radical (unpaired) electrons. The van der Waals surface area contributed by atoms with Crippen molar-refractivity contribution in [1.29, 1.82) is 0 Å². The lowest BCUT2D eigenvalue weighted by Crippen LogP contribution is -2.55. The number of aliphatic hydroxyl groups is 2.